The van der Waals surface area contributed by atoms with E-state index >= 15 is 0 Å². The number of hydrogen-bond acceptors (Lipinski definition) is 7. The lowest BCUT2D eigenvalue weighted by Gasteiger charge is -2.19. The van der Waals surface area contributed by atoms with Crippen molar-refractivity contribution >= 4 is 11.5 Å². The minimum absolute atomic E-state index is 0.221. The summed E-state index contributed by atoms with van der Waals surface area (Å²) >= 11 is 0. The summed E-state index contributed by atoms with van der Waals surface area (Å²) in [6.45, 7) is 7.72. The number of anilines is 2. The molecule has 0 saturated carbocycles. The third kappa shape index (κ3) is 4.93. The maximum absolute atomic E-state index is 6.21. The van der Waals surface area contributed by atoms with Gasteiger partial charge in [0.1, 0.15) is 17.8 Å². The van der Waals surface area contributed by atoms with E-state index in [9.17, 15) is 0 Å². The average molecular weight is 367 g/mol. The zero-order chi connectivity index (χ0) is 19.3. The van der Waals surface area contributed by atoms with Crippen LogP contribution in [0.5, 0.6) is 5.75 Å². The molecule has 0 fully saturated rings. The molecular weight excluding hydrogens is 342 g/mol. The van der Waals surface area contributed by atoms with Crippen LogP contribution in [0.25, 0.3) is 5.82 Å². The summed E-state index contributed by atoms with van der Waals surface area (Å²) in [4.78, 5) is 12.6. The molecule has 0 saturated heterocycles. The Hall–Kier alpha value is -3.16. The number of nitrogens with zero attached hydrogens (tertiary/aromatic N) is 5. The first-order valence-electron chi connectivity index (χ1n) is 8.84. The zero-order valence-electron chi connectivity index (χ0n) is 15.9. The molecule has 0 amide bonds. The van der Waals surface area contributed by atoms with Crippen LogP contribution in [-0.4, -0.2) is 31.3 Å². The van der Waals surface area contributed by atoms with Crippen LogP contribution in [-0.2, 0) is 6.54 Å². The number of nitrogen functional groups attached to an aromatic ring is 1. The number of ether oxygens (including phenoxy) is 1. The smallest absolute Gasteiger partial charge is 0.181 e. The molecule has 27 heavy (non-hydrogen) atoms. The fraction of sp³-hybridized carbons (Fsp3) is 0.368. The van der Waals surface area contributed by atoms with Crippen LogP contribution < -0.4 is 15.8 Å². The maximum Gasteiger partial charge on any atom is 0.181 e. The minimum Gasteiger partial charge on any atom is -0.492 e. The Labute approximate surface area is 158 Å². The molecule has 3 aromatic rings. The van der Waals surface area contributed by atoms with Crippen LogP contribution >= 0.6 is 0 Å². The van der Waals surface area contributed by atoms with E-state index < -0.39 is 0 Å². The van der Waals surface area contributed by atoms with E-state index in [1.165, 1.54) is 6.33 Å². The van der Waals surface area contributed by atoms with E-state index in [-0.39, 0.29) is 5.41 Å². The maximum atomic E-state index is 6.21. The first-order valence-corrected chi connectivity index (χ1v) is 8.84. The lowest BCUT2D eigenvalue weighted by atomic mass is 9.93. The summed E-state index contributed by atoms with van der Waals surface area (Å²) in [6, 6.07) is 3.73. The lowest BCUT2D eigenvalue weighted by molar-refractivity contribution is 0.241. The van der Waals surface area contributed by atoms with E-state index in [0.717, 1.165) is 17.7 Å². The highest BCUT2D eigenvalue weighted by molar-refractivity contribution is 5.69. The number of nitrogens with two attached hydrogens (primary N) is 1. The minimum atomic E-state index is 0.221. The Morgan fingerprint density at radius 1 is 1.22 bits per heavy atom. The molecule has 142 valence electrons. The van der Waals surface area contributed by atoms with Crippen molar-refractivity contribution in [2.45, 2.75) is 33.7 Å². The normalized spacial score (nSPS) is 11.4. The number of pyridine rings is 1. The molecule has 0 aromatic carbocycles. The van der Waals surface area contributed by atoms with Gasteiger partial charge in [-0.2, -0.15) is 5.10 Å². The van der Waals surface area contributed by atoms with Gasteiger partial charge in [-0.15, -0.1) is 0 Å². The number of hydrogen-bond donors (Lipinski definition) is 2. The summed E-state index contributed by atoms with van der Waals surface area (Å²) in [5, 5.41) is 7.42. The van der Waals surface area contributed by atoms with Crippen molar-refractivity contribution in [3.05, 3.63) is 48.8 Å². The van der Waals surface area contributed by atoms with Gasteiger partial charge in [0.15, 0.2) is 11.6 Å². The quantitative estimate of drug-likeness (QED) is 0.661. The van der Waals surface area contributed by atoms with Gasteiger partial charge in [0, 0.05) is 30.7 Å². The van der Waals surface area contributed by atoms with Crippen molar-refractivity contribution < 1.29 is 4.74 Å². The molecule has 8 nitrogen and oxygen atoms in total. The molecule has 0 bridgehead atoms. The van der Waals surface area contributed by atoms with E-state index in [1.807, 2.05) is 12.1 Å². The topological polar surface area (TPSA) is 104 Å². The Balaban J connectivity index is 1.70. The van der Waals surface area contributed by atoms with Crippen molar-refractivity contribution in [3.63, 3.8) is 0 Å². The molecule has 0 aliphatic rings. The Morgan fingerprint density at radius 3 is 2.81 bits per heavy atom. The fourth-order valence-electron chi connectivity index (χ4n) is 2.43. The zero-order valence-corrected chi connectivity index (χ0v) is 15.9. The molecule has 3 aromatic heterocycles. The summed E-state index contributed by atoms with van der Waals surface area (Å²) in [7, 11) is 0. The molecule has 0 spiro atoms. The van der Waals surface area contributed by atoms with E-state index in [4.69, 9.17) is 10.5 Å². The number of nitrogens with one attached hydrogen (secondary N) is 1. The molecule has 0 atom stereocenters. The third-order valence-corrected chi connectivity index (χ3v) is 4.01. The van der Waals surface area contributed by atoms with Gasteiger partial charge in [0.2, 0.25) is 0 Å². The predicted octanol–water partition coefficient (Wildman–Crippen LogP) is 3.07. The Morgan fingerprint density at radius 2 is 2.07 bits per heavy atom. The lowest BCUT2D eigenvalue weighted by Crippen LogP contribution is -2.13. The number of rotatable bonds is 7. The van der Waals surface area contributed by atoms with Gasteiger partial charge in [-0.1, -0.05) is 20.8 Å². The van der Waals surface area contributed by atoms with Crippen molar-refractivity contribution in [2.24, 2.45) is 5.41 Å². The van der Waals surface area contributed by atoms with E-state index in [2.05, 4.69) is 46.1 Å². The van der Waals surface area contributed by atoms with E-state index in [0.29, 0.717) is 30.5 Å². The van der Waals surface area contributed by atoms with Crippen LogP contribution in [0.15, 0.2) is 43.2 Å². The summed E-state index contributed by atoms with van der Waals surface area (Å²) in [5.74, 6) is 1.84. The van der Waals surface area contributed by atoms with Crippen LogP contribution in [0.2, 0.25) is 0 Å². The second kappa shape index (κ2) is 8.03. The molecule has 0 radical (unpaired) electrons. The largest absolute Gasteiger partial charge is 0.492 e. The van der Waals surface area contributed by atoms with Crippen molar-refractivity contribution in [3.8, 4) is 11.6 Å². The molecule has 0 unspecified atom stereocenters. The van der Waals surface area contributed by atoms with Crippen molar-refractivity contribution in [2.75, 3.05) is 17.7 Å². The van der Waals surface area contributed by atoms with Crippen molar-refractivity contribution in [1.29, 1.82) is 0 Å². The van der Waals surface area contributed by atoms with Crippen LogP contribution in [0.4, 0.5) is 11.5 Å². The highest BCUT2D eigenvalue weighted by atomic mass is 16.5. The first-order chi connectivity index (χ1) is 12.9. The van der Waals surface area contributed by atoms with Gasteiger partial charge < -0.3 is 15.8 Å². The Kier molecular flexibility index (Phi) is 5.54. The first kappa shape index (κ1) is 18.6. The SMILES string of the molecule is CC(C)(C)CCOc1cnccc1CNc1ncnc(-n2cccn2)c1N. The van der Waals surface area contributed by atoms with Crippen molar-refractivity contribution in [1.82, 2.24) is 24.7 Å². The molecular formula is C19H25N7O. The summed E-state index contributed by atoms with van der Waals surface area (Å²) in [5.41, 5.74) is 7.85. The number of aromatic nitrogens is 5. The van der Waals surface area contributed by atoms with Gasteiger partial charge in [-0.3, -0.25) is 4.98 Å². The molecule has 0 aliphatic carbocycles. The van der Waals surface area contributed by atoms with Crippen LogP contribution in [0.1, 0.15) is 32.8 Å². The summed E-state index contributed by atoms with van der Waals surface area (Å²) < 4.78 is 7.54. The second-order valence-electron chi connectivity index (χ2n) is 7.41. The average Bonchev–Trinajstić information content (AvgIpc) is 3.15. The highest BCUT2D eigenvalue weighted by Crippen LogP contribution is 2.24. The Bertz CT molecular complexity index is 872. The molecule has 0 aliphatic heterocycles. The fourth-order valence-corrected chi connectivity index (χ4v) is 2.43. The molecule has 3 rings (SSSR count). The van der Waals surface area contributed by atoms with Gasteiger partial charge in [-0.05, 0) is 24.0 Å². The van der Waals surface area contributed by atoms with Crippen LogP contribution in [0.3, 0.4) is 0 Å². The summed E-state index contributed by atoms with van der Waals surface area (Å²) in [6.07, 6.45) is 9.35. The molecule has 3 N–H and O–H groups in total. The van der Waals surface area contributed by atoms with Crippen LogP contribution in [0, 0.1) is 5.41 Å². The standard InChI is InChI=1S/C19H25N7O/c1-19(2,3)6-10-27-15-12-21-8-5-14(15)11-22-17-16(20)18(24-13-23-17)26-9-4-7-25-26/h4-5,7-9,12-13H,6,10-11,20H2,1-3H3,(H,22,23,24). The van der Waals surface area contributed by atoms with Gasteiger partial charge in [-0.25, -0.2) is 14.6 Å². The monoisotopic (exact) mass is 367 g/mol. The molecule has 3 heterocycles. The van der Waals surface area contributed by atoms with Gasteiger partial charge >= 0.3 is 0 Å². The predicted molar refractivity (Wildman–Crippen MR) is 105 cm³/mol. The van der Waals surface area contributed by atoms with Gasteiger partial charge in [0.05, 0.1) is 12.8 Å². The van der Waals surface area contributed by atoms with Gasteiger partial charge in [0.25, 0.3) is 0 Å². The highest BCUT2D eigenvalue weighted by Gasteiger charge is 2.13. The van der Waals surface area contributed by atoms with E-state index in [1.54, 1.807) is 29.5 Å². The molecule has 8 heteroatoms. The second-order valence-corrected chi connectivity index (χ2v) is 7.41. The third-order valence-electron chi connectivity index (χ3n) is 4.01.